The zero-order valence-corrected chi connectivity index (χ0v) is 15.9. The molecule has 0 spiro atoms. The molecule has 0 aliphatic carbocycles. The summed E-state index contributed by atoms with van der Waals surface area (Å²) >= 11 is 0. The van der Waals surface area contributed by atoms with Crippen molar-refractivity contribution in [1.82, 2.24) is 18.7 Å². The number of aromatic nitrogens is 4. The third kappa shape index (κ3) is 2.70. The molecular formula is C19H20N5O4-. The Morgan fingerprint density at radius 3 is 2.71 bits per heavy atom. The third-order valence-corrected chi connectivity index (χ3v) is 5.04. The number of aliphatic carboxylic acids is 1. The topological polar surface area (TPSA) is 105 Å². The molecular weight excluding hydrogens is 362 g/mol. The number of imidazole rings is 1. The average molecular weight is 382 g/mol. The fraction of sp³-hybridized carbons (Fsp3) is 0.368. The molecule has 2 aromatic heterocycles. The van der Waals surface area contributed by atoms with E-state index in [0.717, 1.165) is 11.3 Å². The first-order valence-corrected chi connectivity index (χ1v) is 9.02. The molecule has 0 amide bonds. The molecule has 1 unspecified atom stereocenters. The van der Waals surface area contributed by atoms with Gasteiger partial charge in [-0.2, -0.15) is 4.98 Å². The summed E-state index contributed by atoms with van der Waals surface area (Å²) in [6.45, 7) is 4.54. The maximum Gasteiger partial charge on any atom is 0.332 e. The van der Waals surface area contributed by atoms with Crippen molar-refractivity contribution in [2.75, 3.05) is 11.4 Å². The number of carboxylic acid groups (broad SMARTS) is 1. The summed E-state index contributed by atoms with van der Waals surface area (Å²) in [5.74, 6) is -0.708. The molecule has 0 N–H and O–H groups in total. The van der Waals surface area contributed by atoms with Crippen LogP contribution < -0.4 is 21.3 Å². The maximum atomic E-state index is 13.0. The van der Waals surface area contributed by atoms with Crippen LogP contribution in [0.25, 0.3) is 11.2 Å². The summed E-state index contributed by atoms with van der Waals surface area (Å²) in [6.07, 6.45) is 0. The summed E-state index contributed by atoms with van der Waals surface area (Å²) < 4.78 is 3.67. The van der Waals surface area contributed by atoms with Gasteiger partial charge >= 0.3 is 5.69 Å². The van der Waals surface area contributed by atoms with E-state index in [1.807, 2.05) is 36.1 Å². The second kappa shape index (κ2) is 6.36. The van der Waals surface area contributed by atoms with E-state index in [9.17, 15) is 19.5 Å². The number of carboxylic acids is 1. The Bertz CT molecular complexity index is 1220. The molecule has 1 aliphatic rings. The lowest BCUT2D eigenvalue weighted by atomic mass is 10.1. The van der Waals surface area contributed by atoms with Crippen LogP contribution in [0.3, 0.4) is 0 Å². The van der Waals surface area contributed by atoms with Gasteiger partial charge in [-0.1, -0.05) is 19.1 Å². The smallest absolute Gasteiger partial charge is 0.332 e. The molecule has 28 heavy (non-hydrogen) atoms. The molecule has 3 aromatic rings. The Morgan fingerprint density at radius 1 is 1.29 bits per heavy atom. The first kappa shape index (κ1) is 18.0. The van der Waals surface area contributed by atoms with E-state index in [1.165, 1.54) is 11.6 Å². The highest BCUT2D eigenvalue weighted by Crippen LogP contribution is 2.33. The van der Waals surface area contributed by atoms with Crippen LogP contribution in [-0.4, -0.2) is 31.2 Å². The lowest BCUT2D eigenvalue weighted by molar-refractivity contribution is -0.306. The number of carbonyl (C=O) groups excluding carboxylic acids is 1. The van der Waals surface area contributed by atoms with Gasteiger partial charge in [0.15, 0.2) is 11.2 Å². The highest BCUT2D eigenvalue weighted by Gasteiger charge is 2.29. The number of nitrogens with zero attached hydrogens (tertiary/aromatic N) is 5. The van der Waals surface area contributed by atoms with Gasteiger partial charge in [0, 0.05) is 25.8 Å². The summed E-state index contributed by atoms with van der Waals surface area (Å²) in [5.41, 5.74) is 1.12. The number of benzene rings is 1. The molecule has 1 atom stereocenters. The molecule has 0 saturated carbocycles. The minimum Gasteiger partial charge on any atom is -0.548 e. The van der Waals surface area contributed by atoms with Crippen molar-refractivity contribution in [2.45, 2.75) is 26.9 Å². The Balaban J connectivity index is 2.02. The van der Waals surface area contributed by atoms with Crippen molar-refractivity contribution in [3.05, 3.63) is 50.7 Å². The highest BCUT2D eigenvalue weighted by atomic mass is 16.4. The number of rotatable bonds is 3. The van der Waals surface area contributed by atoms with Gasteiger partial charge in [0.05, 0.1) is 12.5 Å². The largest absolute Gasteiger partial charge is 0.548 e. The number of aryl methyl sites for hydroxylation is 2. The van der Waals surface area contributed by atoms with Crippen LogP contribution in [0.15, 0.2) is 33.9 Å². The van der Waals surface area contributed by atoms with Gasteiger partial charge in [0.25, 0.3) is 5.56 Å². The number of hydrogen-bond donors (Lipinski definition) is 0. The van der Waals surface area contributed by atoms with Gasteiger partial charge in [-0.25, -0.2) is 4.79 Å². The van der Waals surface area contributed by atoms with Crippen LogP contribution in [0.1, 0.15) is 12.5 Å². The van der Waals surface area contributed by atoms with Crippen LogP contribution in [-0.2, 0) is 24.9 Å². The average Bonchev–Trinajstić information content (AvgIpc) is 3.02. The maximum absolute atomic E-state index is 13.0. The van der Waals surface area contributed by atoms with Crippen LogP contribution in [0.4, 0.5) is 11.6 Å². The molecule has 9 heteroatoms. The van der Waals surface area contributed by atoms with E-state index in [1.54, 1.807) is 4.57 Å². The highest BCUT2D eigenvalue weighted by molar-refractivity contribution is 5.77. The first-order valence-electron chi connectivity index (χ1n) is 9.02. The summed E-state index contributed by atoms with van der Waals surface area (Å²) in [7, 11) is 1.48. The standard InChI is InChI=1S/C19H21N5O4/c1-11-5-4-6-13(7-11)22-8-12(2)9-23-15-16(20-18(22)23)21(3)19(28)24(17(15)27)10-14(25)26/h4-7,12H,8-10H2,1-3H3,(H,25,26)/p-1. The van der Waals surface area contributed by atoms with Crippen LogP contribution in [0, 0.1) is 12.8 Å². The van der Waals surface area contributed by atoms with Gasteiger partial charge in [-0.05, 0) is 30.5 Å². The lowest BCUT2D eigenvalue weighted by Gasteiger charge is -2.33. The summed E-state index contributed by atoms with van der Waals surface area (Å²) in [6, 6.07) is 7.97. The van der Waals surface area contributed by atoms with E-state index < -0.39 is 23.8 Å². The lowest BCUT2D eigenvalue weighted by Crippen LogP contribution is -2.44. The van der Waals surface area contributed by atoms with Crippen LogP contribution in [0.5, 0.6) is 0 Å². The van der Waals surface area contributed by atoms with E-state index in [2.05, 4.69) is 11.9 Å². The van der Waals surface area contributed by atoms with E-state index >= 15 is 0 Å². The van der Waals surface area contributed by atoms with Crippen molar-refractivity contribution in [3.63, 3.8) is 0 Å². The Morgan fingerprint density at radius 2 is 2.04 bits per heavy atom. The fourth-order valence-corrected chi connectivity index (χ4v) is 3.79. The zero-order valence-electron chi connectivity index (χ0n) is 15.9. The summed E-state index contributed by atoms with van der Waals surface area (Å²) in [4.78, 5) is 43.1. The summed E-state index contributed by atoms with van der Waals surface area (Å²) in [5, 5.41) is 11.0. The normalized spacial score (nSPS) is 16.4. The van der Waals surface area contributed by atoms with E-state index in [4.69, 9.17) is 0 Å². The van der Waals surface area contributed by atoms with Crippen LogP contribution in [0.2, 0.25) is 0 Å². The second-order valence-corrected chi connectivity index (χ2v) is 7.35. The van der Waals surface area contributed by atoms with E-state index in [-0.39, 0.29) is 17.1 Å². The molecule has 1 aliphatic heterocycles. The number of carbonyl (C=O) groups is 1. The second-order valence-electron chi connectivity index (χ2n) is 7.35. The van der Waals surface area contributed by atoms with Gasteiger partial charge in [-0.3, -0.25) is 13.9 Å². The number of fused-ring (bicyclic) bond motifs is 3. The van der Waals surface area contributed by atoms with Gasteiger partial charge < -0.3 is 19.4 Å². The minimum atomic E-state index is -1.49. The van der Waals surface area contributed by atoms with E-state index in [0.29, 0.717) is 23.6 Å². The SMILES string of the molecule is Cc1cccc(N2CC(C)Cn3c2nc2c3c(=O)n(CC(=O)[O-])c(=O)n2C)c1. The van der Waals surface area contributed by atoms with Crippen molar-refractivity contribution >= 4 is 28.8 Å². The molecule has 0 fully saturated rings. The molecule has 9 nitrogen and oxygen atoms in total. The van der Waals surface area contributed by atoms with Gasteiger partial charge in [-0.15, -0.1) is 0 Å². The number of hydrogen-bond acceptors (Lipinski definition) is 6. The zero-order chi connectivity index (χ0) is 20.2. The Hall–Kier alpha value is -3.36. The van der Waals surface area contributed by atoms with Crippen LogP contribution >= 0.6 is 0 Å². The van der Waals surface area contributed by atoms with Gasteiger partial charge in [0.2, 0.25) is 5.95 Å². The van der Waals surface area contributed by atoms with Crippen molar-refractivity contribution < 1.29 is 9.90 Å². The molecule has 0 radical (unpaired) electrons. The molecule has 146 valence electrons. The fourth-order valence-electron chi connectivity index (χ4n) is 3.79. The minimum absolute atomic E-state index is 0.219. The van der Waals surface area contributed by atoms with Crippen molar-refractivity contribution in [3.8, 4) is 0 Å². The monoisotopic (exact) mass is 382 g/mol. The first-order chi connectivity index (χ1) is 13.3. The Kier molecular flexibility index (Phi) is 4.10. The predicted molar refractivity (Wildman–Crippen MR) is 102 cm³/mol. The predicted octanol–water partition coefficient (Wildman–Crippen LogP) is -0.257. The third-order valence-electron chi connectivity index (χ3n) is 5.04. The molecule has 0 bridgehead atoms. The molecule has 1 aromatic carbocycles. The number of anilines is 2. The molecule has 4 rings (SSSR count). The van der Waals surface area contributed by atoms with Gasteiger partial charge in [0.1, 0.15) is 0 Å². The molecule has 0 saturated heterocycles. The molecule has 3 heterocycles. The quantitative estimate of drug-likeness (QED) is 0.618. The van der Waals surface area contributed by atoms with Crippen molar-refractivity contribution in [2.24, 2.45) is 13.0 Å². The van der Waals surface area contributed by atoms with Crippen molar-refractivity contribution in [1.29, 1.82) is 0 Å². The Labute approximate surface area is 160 Å².